The van der Waals surface area contributed by atoms with Crippen LogP contribution in [-0.2, 0) is 0 Å². The molecule has 2 aromatic carbocycles. The van der Waals surface area contributed by atoms with Crippen LogP contribution < -0.4 is 10.2 Å². The molecule has 3 aromatic rings. The van der Waals surface area contributed by atoms with E-state index in [4.69, 9.17) is 4.74 Å². The molecule has 0 bridgehead atoms. The van der Waals surface area contributed by atoms with E-state index in [-0.39, 0.29) is 11.8 Å². The number of ether oxygens (including phenoxy) is 1. The van der Waals surface area contributed by atoms with Crippen molar-refractivity contribution in [2.75, 3.05) is 5.43 Å². The molecule has 1 aromatic heterocycles. The zero-order chi connectivity index (χ0) is 19.2. The lowest BCUT2D eigenvalue weighted by Crippen LogP contribution is -2.05. The Hall–Kier alpha value is -3.26. The SMILES string of the molecule is CC(C)Oc1ccc(/C=N/Nc2nc(-c3ccc([N+](=O)[O-])cc3)cs2)cc1. The van der Waals surface area contributed by atoms with Crippen LogP contribution in [0.5, 0.6) is 5.75 Å². The number of nitrogens with zero attached hydrogens (tertiary/aromatic N) is 3. The van der Waals surface area contributed by atoms with Gasteiger partial charge in [-0.05, 0) is 55.8 Å². The molecule has 27 heavy (non-hydrogen) atoms. The molecule has 0 aliphatic rings. The number of nitro groups is 1. The average Bonchev–Trinajstić information content (AvgIpc) is 3.12. The summed E-state index contributed by atoms with van der Waals surface area (Å²) in [6.45, 7) is 3.97. The van der Waals surface area contributed by atoms with Gasteiger partial charge in [-0.15, -0.1) is 11.3 Å². The van der Waals surface area contributed by atoms with Crippen molar-refractivity contribution in [3.05, 3.63) is 69.6 Å². The third-order valence-corrected chi connectivity index (χ3v) is 4.25. The zero-order valence-electron chi connectivity index (χ0n) is 14.8. The van der Waals surface area contributed by atoms with Crippen molar-refractivity contribution < 1.29 is 9.66 Å². The Morgan fingerprint density at radius 3 is 2.52 bits per heavy atom. The Labute approximate surface area is 160 Å². The Morgan fingerprint density at radius 1 is 1.19 bits per heavy atom. The van der Waals surface area contributed by atoms with Gasteiger partial charge < -0.3 is 4.74 Å². The predicted octanol–water partition coefficient (Wildman–Crippen LogP) is 4.95. The van der Waals surface area contributed by atoms with Gasteiger partial charge in [-0.3, -0.25) is 15.5 Å². The topological polar surface area (TPSA) is 89.7 Å². The van der Waals surface area contributed by atoms with Crippen molar-refractivity contribution in [3.8, 4) is 17.0 Å². The van der Waals surface area contributed by atoms with Crippen molar-refractivity contribution in [2.45, 2.75) is 20.0 Å². The molecule has 0 unspecified atom stereocenters. The summed E-state index contributed by atoms with van der Waals surface area (Å²) in [6, 6.07) is 13.9. The number of benzene rings is 2. The number of nitro benzene ring substituents is 1. The molecule has 138 valence electrons. The molecule has 1 N–H and O–H groups in total. The van der Waals surface area contributed by atoms with Crippen molar-refractivity contribution in [3.63, 3.8) is 0 Å². The Bertz CT molecular complexity index is 934. The van der Waals surface area contributed by atoms with E-state index in [0.717, 1.165) is 22.6 Å². The third kappa shape index (κ3) is 5.11. The lowest BCUT2D eigenvalue weighted by molar-refractivity contribution is -0.384. The van der Waals surface area contributed by atoms with Gasteiger partial charge >= 0.3 is 0 Å². The van der Waals surface area contributed by atoms with Crippen molar-refractivity contribution in [1.29, 1.82) is 0 Å². The first-order valence-corrected chi connectivity index (χ1v) is 9.15. The molecule has 0 fully saturated rings. The average molecular weight is 382 g/mol. The number of non-ortho nitro benzene ring substituents is 1. The molecule has 0 aliphatic carbocycles. The van der Waals surface area contributed by atoms with Gasteiger partial charge in [0.2, 0.25) is 5.13 Å². The molecule has 8 heteroatoms. The molecule has 0 amide bonds. The fraction of sp³-hybridized carbons (Fsp3) is 0.158. The molecule has 0 saturated carbocycles. The third-order valence-electron chi connectivity index (χ3n) is 3.50. The molecule has 7 nitrogen and oxygen atoms in total. The van der Waals surface area contributed by atoms with Gasteiger partial charge in [-0.1, -0.05) is 0 Å². The van der Waals surface area contributed by atoms with E-state index in [1.165, 1.54) is 23.5 Å². The van der Waals surface area contributed by atoms with Crippen molar-refractivity contribution >= 4 is 28.4 Å². The minimum absolute atomic E-state index is 0.0572. The van der Waals surface area contributed by atoms with E-state index >= 15 is 0 Å². The number of hydrazone groups is 1. The Morgan fingerprint density at radius 2 is 1.89 bits per heavy atom. The summed E-state index contributed by atoms with van der Waals surface area (Å²) in [4.78, 5) is 14.7. The van der Waals surface area contributed by atoms with Crippen LogP contribution >= 0.6 is 11.3 Å². The van der Waals surface area contributed by atoms with Gasteiger partial charge in [0.1, 0.15) is 5.75 Å². The van der Waals surface area contributed by atoms with E-state index in [2.05, 4.69) is 15.5 Å². The second-order valence-electron chi connectivity index (χ2n) is 5.95. The van der Waals surface area contributed by atoms with Gasteiger partial charge in [-0.2, -0.15) is 5.10 Å². The summed E-state index contributed by atoms with van der Waals surface area (Å²) in [5.41, 5.74) is 5.44. The molecule has 0 radical (unpaired) electrons. The number of rotatable bonds is 7. The van der Waals surface area contributed by atoms with Crippen LogP contribution in [0.1, 0.15) is 19.4 Å². The van der Waals surface area contributed by atoms with E-state index in [1.807, 2.05) is 43.5 Å². The maximum atomic E-state index is 10.7. The normalized spacial score (nSPS) is 11.1. The second-order valence-corrected chi connectivity index (χ2v) is 6.81. The standard InChI is InChI=1S/C19H18N4O3S/c1-13(2)26-17-9-3-14(4-10-17)11-20-22-19-21-18(12-27-19)15-5-7-16(8-6-15)23(24)25/h3-13H,1-2H3,(H,21,22)/b20-11+. The predicted molar refractivity (Wildman–Crippen MR) is 108 cm³/mol. The molecule has 0 aliphatic heterocycles. The molecule has 0 saturated heterocycles. The maximum absolute atomic E-state index is 10.7. The quantitative estimate of drug-likeness (QED) is 0.355. The number of thiazole rings is 1. The summed E-state index contributed by atoms with van der Waals surface area (Å²) in [6.07, 6.45) is 1.84. The first-order chi connectivity index (χ1) is 13.0. The summed E-state index contributed by atoms with van der Waals surface area (Å²) in [5, 5.41) is 17.4. The van der Waals surface area contributed by atoms with E-state index in [0.29, 0.717) is 5.13 Å². The molecule has 3 rings (SSSR count). The van der Waals surface area contributed by atoms with Gasteiger partial charge in [0, 0.05) is 23.1 Å². The second kappa shape index (κ2) is 8.41. The number of nitrogens with one attached hydrogen (secondary N) is 1. The molecular weight excluding hydrogens is 364 g/mol. The van der Waals surface area contributed by atoms with Crippen molar-refractivity contribution in [1.82, 2.24) is 4.98 Å². The highest BCUT2D eigenvalue weighted by Crippen LogP contribution is 2.26. The Balaban J connectivity index is 1.60. The van der Waals surface area contributed by atoms with Crippen LogP contribution in [-0.4, -0.2) is 22.2 Å². The van der Waals surface area contributed by atoms with Gasteiger partial charge in [0.15, 0.2) is 0 Å². The monoisotopic (exact) mass is 382 g/mol. The van der Waals surface area contributed by atoms with Crippen LogP contribution in [0, 0.1) is 10.1 Å². The minimum atomic E-state index is -0.423. The fourth-order valence-electron chi connectivity index (χ4n) is 2.28. The molecule has 0 spiro atoms. The lowest BCUT2D eigenvalue weighted by atomic mass is 10.1. The van der Waals surface area contributed by atoms with Crippen LogP contribution in [0.2, 0.25) is 0 Å². The van der Waals surface area contributed by atoms with E-state index in [1.54, 1.807) is 18.3 Å². The number of anilines is 1. The first-order valence-electron chi connectivity index (χ1n) is 8.27. The highest BCUT2D eigenvalue weighted by molar-refractivity contribution is 7.14. The molecular formula is C19H18N4O3S. The fourth-order valence-corrected chi connectivity index (χ4v) is 2.95. The Kier molecular flexibility index (Phi) is 5.77. The van der Waals surface area contributed by atoms with Crippen LogP contribution in [0.3, 0.4) is 0 Å². The summed E-state index contributed by atoms with van der Waals surface area (Å²) < 4.78 is 5.60. The highest BCUT2D eigenvalue weighted by Gasteiger charge is 2.08. The molecule has 0 atom stereocenters. The number of aromatic nitrogens is 1. The maximum Gasteiger partial charge on any atom is 0.269 e. The first kappa shape index (κ1) is 18.5. The van der Waals surface area contributed by atoms with Gasteiger partial charge in [-0.25, -0.2) is 4.98 Å². The van der Waals surface area contributed by atoms with E-state index < -0.39 is 4.92 Å². The largest absolute Gasteiger partial charge is 0.491 e. The zero-order valence-corrected chi connectivity index (χ0v) is 15.6. The summed E-state index contributed by atoms with van der Waals surface area (Å²) >= 11 is 1.41. The number of hydrogen-bond acceptors (Lipinski definition) is 7. The van der Waals surface area contributed by atoms with Gasteiger partial charge in [0.05, 0.1) is 22.9 Å². The minimum Gasteiger partial charge on any atom is -0.491 e. The van der Waals surface area contributed by atoms with Crippen LogP contribution in [0.25, 0.3) is 11.3 Å². The molecule has 1 heterocycles. The lowest BCUT2D eigenvalue weighted by Gasteiger charge is -2.08. The van der Waals surface area contributed by atoms with Crippen LogP contribution in [0.15, 0.2) is 59.0 Å². The van der Waals surface area contributed by atoms with Crippen LogP contribution in [0.4, 0.5) is 10.8 Å². The summed E-state index contributed by atoms with van der Waals surface area (Å²) in [7, 11) is 0. The summed E-state index contributed by atoms with van der Waals surface area (Å²) in [5.74, 6) is 0.822. The van der Waals surface area contributed by atoms with E-state index in [9.17, 15) is 10.1 Å². The smallest absolute Gasteiger partial charge is 0.269 e. The number of hydrogen-bond donors (Lipinski definition) is 1. The highest BCUT2D eigenvalue weighted by atomic mass is 32.1. The van der Waals surface area contributed by atoms with Crippen molar-refractivity contribution in [2.24, 2.45) is 5.10 Å². The van der Waals surface area contributed by atoms with Gasteiger partial charge in [0.25, 0.3) is 5.69 Å².